The fraction of sp³-hybridized carbons (Fsp3) is 0.471. The van der Waals surface area contributed by atoms with Gasteiger partial charge in [0.05, 0.1) is 11.5 Å². The largest absolute Gasteiger partial charge is 0.377 e. The molecule has 0 fully saturated rings. The Hall–Kier alpha value is -2.28. The van der Waals surface area contributed by atoms with Crippen LogP contribution in [0.4, 0.5) is 5.69 Å². The highest BCUT2D eigenvalue weighted by atomic mass is 127. The van der Waals surface area contributed by atoms with Crippen LogP contribution in [0.1, 0.15) is 23.6 Å². The molecule has 0 radical (unpaired) electrons. The lowest BCUT2D eigenvalue weighted by atomic mass is 10.1. The maximum absolute atomic E-state index is 10.7. The Morgan fingerprint density at radius 1 is 1.43 bits per heavy atom. The first-order chi connectivity index (χ1) is 13.1. The molecule has 0 amide bonds. The van der Waals surface area contributed by atoms with Crippen LogP contribution in [-0.4, -0.2) is 45.8 Å². The van der Waals surface area contributed by atoms with Gasteiger partial charge in [0.15, 0.2) is 11.8 Å². The minimum Gasteiger partial charge on any atom is -0.377 e. The lowest BCUT2D eigenvalue weighted by Gasteiger charge is -2.25. The minimum atomic E-state index is -0.406. The summed E-state index contributed by atoms with van der Waals surface area (Å²) in [5.74, 6) is 2.36. The second-order valence-corrected chi connectivity index (χ2v) is 6.29. The normalized spacial score (nSPS) is 16.1. The van der Waals surface area contributed by atoms with E-state index in [0.29, 0.717) is 31.5 Å². The Bertz CT molecular complexity index is 823. The number of aromatic nitrogens is 3. The fourth-order valence-corrected chi connectivity index (χ4v) is 2.98. The van der Waals surface area contributed by atoms with E-state index in [0.717, 1.165) is 24.2 Å². The SMILES string of the molecule is CN=C(NCc1ccc([N+](=O)[O-])cc1)NC1CCc2nc(COC)nn2C1.I. The number of benzene rings is 1. The zero-order chi connectivity index (χ0) is 19.2. The zero-order valence-corrected chi connectivity index (χ0v) is 18.1. The van der Waals surface area contributed by atoms with Gasteiger partial charge in [0.1, 0.15) is 12.4 Å². The number of nitrogens with zero attached hydrogens (tertiary/aromatic N) is 5. The van der Waals surface area contributed by atoms with E-state index < -0.39 is 4.92 Å². The van der Waals surface area contributed by atoms with E-state index in [9.17, 15) is 10.1 Å². The first-order valence-corrected chi connectivity index (χ1v) is 8.71. The third kappa shape index (κ3) is 5.61. The van der Waals surface area contributed by atoms with Crippen molar-refractivity contribution in [3.63, 3.8) is 0 Å². The Balaban J connectivity index is 0.00000280. The second-order valence-electron chi connectivity index (χ2n) is 6.29. The van der Waals surface area contributed by atoms with Crippen molar-refractivity contribution < 1.29 is 9.66 Å². The topological polar surface area (TPSA) is 120 Å². The van der Waals surface area contributed by atoms with Crippen LogP contribution in [0.15, 0.2) is 29.3 Å². The second kappa shape index (κ2) is 10.3. The number of nitro groups is 1. The van der Waals surface area contributed by atoms with Gasteiger partial charge in [0.25, 0.3) is 5.69 Å². The van der Waals surface area contributed by atoms with Crippen LogP contribution in [0.3, 0.4) is 0 Å². The molecule has 1 unspecified atom stereocenters. The molecule has 2 heterocycles. The molecular formula is C17H24IN7O3. The predicted molar refractivity (Wildman–Crippen MR) is 115 cm³/mol. The van der Waals surface area contributed by atoms with Crippen LogP contribution in [0.25, 0.3) is 0 Å². The fourth-order valence-electron chi connectivity index (χ4n) is 2.98. The Kier molecular flexibility index (Phi) is 8.11. The highest BCUT2D eigenvalue weighted by Gasteiger charge is 2.22. The highest BCUT2D eigenvalue weighted by molar-refractivity contribution is 14.0. The van der Waals surface area contributed by atoms with Gasteiger partial charge in [-0.25, -0.2) is 9.67 Å². The summed E-state index contributed by atoms with van der Waals surface area (Å²) in [7, 11) is 3.34. The number of ether oxygens (including phenoxy) is 1. The monoisotopic (exact) mass is 501 g/mol. The molecule has 1 aliphatic heterocycles. The molecule has 3 rings (SSSR count). The summed E-state index contributed by atoms with van der Waals surface area (Å²) in [5.41, 5.74) is 1.02. The molecular weight excluding hydrogens is 477 g/mol. The van der Waals surface area contributed by atoms with Crippen molar-refractivity contribution in [3.8, 4) is 0 Å². The molecule has 2 aromatic rings. The van der Waals surface area contributed by atoms with Gasteiger partial charge in [-0.05, 0) is 12.0 Å². The first-order valence-electron chi connectivity index (χ1n) is 8.71. The van der Waals surface area contributed by atoms with E-state index in [2.05, 4.69) is 25.7 Å². The first kappa shape index (κ1) is 22.0. The van der Waals surface area contributed by atoms with E-state index in [4.69, 9.17) is 4.74 Å². The summed E-state index contributed by atoms with van der Waals surface area (Å²) >= 11 is 0. The van der Waals surface area contributed by atoms with Crippen LogP contribution in [0, 0.1) is 10.1 Å². The lowest BCUT2D eigenvalue weighted by molar-refractivity contribution is -0.384. The number of guanidine groups is 1. The van der Waals surface area contributed by atoms with Crippen LogP contribution >= 0.6 is 24.0 Å². The maximum atomic E-state index is 10.7. The van der Waals surface area contributed by atoms with Crippen LogP contribution in [0.2, 0.25) is 0 Å². The van der Waals surface area contributed by atoms with E-state index in [1.165, 1.54) is 12.1 Å². The van der Waals surface area contributed by atoms with Gasteiger partial charge in [-0.15, -0.1) is 24.0 Å². The quantitative estimate of drug-likeness (QED) is 0.203. The average molecular weight is 501 g/mol. The van der Waals surface area contributed by atoms with E-state index >= 15 is 0 Å². The van der Waals surface area contributed by atoms with Gasteiger partial charge in [0.2, 0.25) is 0 Å². The van der Waals surface area contributed by atoms with Crippen molar-refractivity contribution >= 4 is 35.6 Å². The molecule has 152 valence electrons. The molecule has 1 aliphatic rings. The minimum absolute atomic E-state index is 0. The van der Waals surface area contributed by atoms with Gasteiger partial charge in [-0.3, -0.25) is 15.1 Å². The summed E-state index contributed by atoms with van der Waals surface area (Å²) in [5, 5.41) is 21.8. The third-order valence-corrected chi connectivity index (χ3v) is 4.35. The van der Waals surface area contributed by atoms with Gasteiger partial charge in [-0.1, -0.05) is 12.1 Å². The number of hydrogen-bond acceptors (Lipinski definition) is 6. The number of nitrogens with one attached hydrogen (secondary N) is 2. The van der Waals surface area contributed by atoms with Crippen LogP contribution < -0.4 is 10.6 Å². The summed E-state index contributed by atoms with van der Waals surface area (Å²) in [6.45, 7) is 1.65. The molecule has 0 bridgehead atoms. The van der Waals surface area contributed by atoms with Crippen LogP contribution in [-0.2, 0) is 30.9 Å². The van der Waals surface area contributed by atoms with Gasteiger partial charge in [-0.2, -0.15) is 5.10 Å². The van der Waals surface area contributed by atoms with Crippen molar-refractivity contribution in [3.05, 3.63) is 51.6 Å². The Morgan fingerprint density at radius 2 is 2.18 bits per heavy atom. The average Bonchev–Trinajstić information content (AvgIpc) is 3.07. The van der Waals surface area contributed by atoms with E-state index in [1.54, 1.807) is 26.3 Å². The zero-order valence-electron chi connectivity index (χ0n) is 15.8. The number of aliphatic imine (C=N–C) groups is 1. The molecule has 1 aromatic carbocycles. The van der Waals surface area contributed by atoms with Crippen LogP contribution in [0.5, 0.6) is 0 Å². The maximum Gasteiger partial charge on any atom is 0.269 e. The highest BCUT2D eigenvalue weighted by Crippen LogP contribution is 2.14. The molecule has 0 saturated carbocycles. The predicted octanol–water partition coefficient (Wildman–Crippen LogP) is 1.63. The molecule has 28 heavy (non-hydrogen) atoms. The molecule has 2 N–H and O–H groups in total. The number of aryl methyl sites for hydroxylation is 1. The summed E-state index contributed by atoms with van der Waals surface area (Å²) in [6.07, 6.45) is 1.77. The van der Waals surface area contributed by atoms with E-state index in [-0.39, 0.29) is 35.7 Å². The van der Waals surface area contributed by atoms with Gasteiger partial charge < -0.3 is 15.4 Å². The van der Waals surface area contributed by atoms with Crippen molar-refractivity contribution in [2.24, 2.45) is 4.99 Å². The smallest absolute Gasteiger partial charge is 0.269 e. The number of nitro benzene ring substituents is 1. The number of non-ortho nitro benzene ring substituents is 1. The van der Waals surface area contributed by atoms with Crippen molar-refractivity contribution in [1.29, 1.82) is 0 Å². The number of halogens is 1. The van der Waals surface area contributed by atoms with Crippen molar-refractivity contribution in [1.82, 2.24) is 25.4 Å². The third-order valence-electron chi connectivity index (χ3n) is 4.35. The molecule has 0 aliphatic carbocycles. The summed E-state index contributed by atoms with van der Waals surface area (Å²) in [4.78, 5) is 19.0. The molecule has 0 saturated heterocycles. The van der Waals surface area contributed by atoms with Crippen molar-refractivity contribution in [2.45, 2.75) is 38.6 Å². The van der Waals surface area contributed by atoms with Gasteiger partial charge in [0, 0.05) is 45.3 Å². The molecule has 10 nitrogen and oxygen atoms in total. The summed E-state index contributed by atoms with van der Waals surface area (Å²) in [6, 6.07) is 6.66. The van der Waals surface area contributed by atoms with Gasteiger partial charge >= 0.3 is 0 Å². The molecule has 11 heteroatoms. The van der Waals surface area contributed by atoms with Crippen molar-refractivity contribution in [2.75, 3.05) is 14.2 Å². The summed E-state index contributed by atoms with van der Waals surface area (Å²) < 4.78 is 7.00. The number of hydrogen-bond donors (Lipinski definition) is 2. The Morgan fingerprint density at radius 3 is 2.82 bits per heavy atom. The van der Waals surface area contributed by atoms with E-state index in [1.807, 2.05) is 4.68 Å². The number of methoxy groups -OCH3 is 1. The molecule has 1 aromatic heterocycles. The molecule has 1 atom stereocenters. The lowest BCUT2D eigenvalue weighted by Crippen LogP contribution is -2.46. The standard InChI is InChI=1S/C17H23N7O3.HI/c1-18-17(19-9-12-3-6-14(7-4-12)24(25)26)20-13-5-8-16-21-15(11-27-2)22-23(16)10-13;/h3-4,6-7,13H,5,8-11H2,1-2H3,(H2,18,19,20);1H. The number of fused-ring (bicyclic) bond motifs is 1. The molecule has 0 spiro atoms. The Labute approximate surface area is 179 Å². The number of rotatable bonds is 6.